The summed E-state index contributed by atoms with van der Waals surface area (Å²) in [6, 6.07) is 7.67. The minimum Gasteiger partial charge on any atom is -0.452 e. The Morgan fingerprint density at radius 1 is 1.06 bits per heavy atom. The highest BCUT2D eigenvalue weighted by Crippen LogP contribution is 2.41. The van der Waals surface area contributed by atoms with Gasteiger partial charge in [-0.3, -0.25) is 4.79 Å². The van der Waals surface area contributed by atoms with Gasteiger partial charge in [-0.15, -0.1) is 0 Å². The number of carbonyl (C=O) groups excluding carboxylic acids is 1. The predicted molar refractivity (Wildman–Crippen MR) is 57.3 cm³/mol. The molecule has 0 aliphatic carbocycles. The van der Waals surface area contributed by atoms with E-state index in [2.05, 4.69) is 0 Å². The molecule has 0 N–H and O–H groups in total. The number of hydrogen-bond donors (Lipinski definition) is 0. The summed E-state index contributed by atoms with van der Waals surface area (Å²) in [6.07, 6.45) is 3.16. The molecule has 0 amide bonds. The second kappa shape index (κ2) is 2.62. The van der Waals surface area contributed by atoms with Gasteiger partial charge in [0, 0.05) is 10.9 Å². The van der Waals surface area contributed by atoms with Gasteiger partial charge in [0.1, 0.15) is 17.8 Å². The molecule has 2 bridgehead atoms. The van der Waals surface area contributed by atoms with Crippen molar-refractivity contribution in [2.24, 2.45) is 0 Å². The molecule has 2 aliphatic rings. The van der Waals surface area contributed by atoms with Crippen molar-refractivity contribution in [1.29, 1.82) is 0 Å². The molecule has 0 radical (unpaired) electrons. The lowest BCUT2D eigenvalue weighted by atomic mass is 10.0. The van der Waals surface area contributed by atoms with Crippen LogP contribution in [0.3, 0.4) is 0 Å². The Balaban J connectivity index is 2.14. The molecule has 78 valence electrons. The molecule has 1 aromatic heterocycles. The number of fused-ring (bicyclic) bond motifs is 6. The second-order valence-corrected chi connectivity index (χ2v) is 4.07. The van der Waals surface area contributed by atoms with Gasteiger partial charge in [-0.05, 0) is 12.1 Å². The minimum atomic E-state index is -0.446. The van der Waals surface area contributed by atoms with E-state index >= 15 is 0 Å². The molecule has 0 spiro atoms. The molecule has 3 heteroatoms. The summed E-state index contributed by atoms with van der Waals surface area (Å²) >= 11 is 0. The molecule has 0 fully saturated rings. The van der Waals surface area contributed by atoms with Crippen molar-refractivity contribution in [1.82, 2.24) is 0 Å². The zero-order chi connectivity index (χ0) is 10.7. The van der Waals surface area contributed by atoms with Gasteiger partial charge in [0.05, 0.1) is 0 Å². The maximum atomic E-state index is 12.0. The van der Waals surface area contributed by atoms with E-state index in [4.69, 9.17) is 9.15 Å². The summed E-state index contributed by atoms with van der Waals surface area (Å²) in [7, 11) is 0. The number of carbonyl (C=O) groups is 1. The molecule has 2 atom stereocenters. The van der Waals surface area contributed by atoms with Crippen molar-refractivity contribution in [3.05, 3.63) is 47.7 Å². The topological polar surface area (TPSA) is 39.4 Å². The lowest BCUT2D eigenvalue weighted by molar-refractivity contribution is 0.0352. The zero-order valence-corrected chi connectivity index (χ0v) is 8.34. The number of benzene rings is 1. The van der Waals surface area contributed by atoms with E-state index in [-0.39, 0.29) is 11.9 Å². The molecular formula is C13H8O3. The van der Waals surface area contributed by atoms with Gasteiger partial charge < -0.3 is 9.15 Å². The van der Waals surface area contributed by atoms with Gasteiger partial charge in [-0.1, -0.05) is 24.3 Å². The Morgan fingerprint density at radius 3 is 2.81 bits per heavy atom. The number of para-hydroxylation sites is 1. The van der Waals surface area contributed by atoms with E-state index in [0.29, 0.717) is 5.76 Å². The lowest BCUT2D eigenvalue weighted by Crippen LogP contribution is -2.25. The molecule has 4 rings (SSSR count). The van der Waals surface area contributed by atoms with Gasteiger partial charge in [0.15, 0.2) is 5.76 Å². The SMILES string of the molecule is O=C1c2oc3ccccc3c2[C@H]2C=C[C@@H]1O2. The molecule has 1 aromatic carbocycles. The fourth-order valence-corrected chi connectivity index (χ4v) is 2.42. The van der Waals surface area contributed by atoms with E-state index in [0.717, 1.165) is 16.5 Å². The highest BCUT2D eigenvalue weighted by atomic mass is 16.5. The number of ether oxygens (including phenoxy) is 1. The van der Waals surface area contributed by atoms with Crippen LogP contribution in [-0.2, 0) is 4.74 Å². The highest BCUT2D eigenvalue weighted by molar-refractivity contribution is 6.05. The number of hydrogen-bond acceptors (Lipinski definition) is 3. The van der Waals surface area contributed by atoms with Crippen LogP contribution in [0.1, 0.15) is 22.2 Å². The molecular weight excluding hydrogens is 204 g/mol. The van der Waals surface area contributed by atoms with Crippen LogP contribution in [-0.4, -0.2) is 11.9 Å². The Hall–Kier alpha value is -1.87. The van der Waals surface area contributed by atoms with Crippen molar-refractivity contribution >= 4 is 16.8 Å². The molecule has 3 heterocycles. The van der Waals surface area contributed by atoms with Crippen LogP contribution in [0.15, 0.2) is 40.8 Å². The first-order chi connectivity index (χ1) is 7.84. The first kappa shape index (κ1) is 8.30. The van der Waals surface area contributed by atoms with Crippen LogP contribution in [0.25, 0.3) is 11.0 Å². The van der Waals surface area contributed by atoms with Crippen molar-refractivity contribution < 1.29 is 13.9 Å². The maximum absolute atomic E-state index is 12.0. The molecule has 3 nitrogen and oxygen atoms in total. The highest BCUT2D eigenvalue weighted by Gasteiger charge is 2.40. The quantitative estimate of drug-likeness (QED) is 0.630. The smallest absolute Gasteiger partial charge is 0.231 e. The van der Waals surface area contributed by atoms with E-state index in [1.54, 1.807) is 6.08 Å². The third-order valence-corrected chi connectivity index (χ3v) is 3.15. The van der Waals surface area contributed by atoms with Crippen LogP contribution in [0.2, 0.25) is 0 Å². The predicted octanol–water partition coefficient (Wildman–Crippen LogP) is 2.63. The minimum absolute atomic E-state index is 0.0730. The van der Waals surface area contributed by atoms with Crippen molar-refractivity contribution in [2.75, 3.05) is 0 Å². The molecule has 0 saturated carbocycles. The molecule has 2 aliphatic heterocycles. The van der Waals surface area contributed by atoms with Crippen LogP contribution >= 0.6 is 0 Å². The fourth-order valence-electron chi connectivity index (χ4n) is 2.42. The van der Waals surface area contributed by atoms with E-state index in [9.17, 15) is 4.79 Å². The summed E-state index contributed by atoms with van der Waals surface area (Å²) in [5, 5.41) is 0.973. The summed E-state index contributed by atoms with van der Waals surface area (Å²) in [5.74, 6) is 0.392. The third-order valence-electron chi connectivity index (χ3n) is 3.15. The Morgan fingerprint density at radius 2 is 1.88 bits per heavy atom. The molecule has 0 saturated heterocycles. The lowest BCUT2D eigenvalue weighted by Gasteiger charge is -2.18. The summed E-state index contributed by atoms with van der Waals surface area (Å²) in [6.45, 7) is 0. The first-order valence-corrected chi connectivity index (χ1v) is 5.24. The molecule has 0 unspecified atom stereocenters. The standard InChI is InChI=1S/C13H8O3/c14-12-10-6-5-9(15-10)11-7-3-1-2-4-8(7)16-13(11)12/h1-6,9-10H/t9-,10+/m1/s1. The van der Waals surface area contributed by atoms with Crippen LogP contribution in [0.5, 0.6) is 0 Å². The second-order valence-electron chi connectivity index (χ2n) is 4.07. The van der Waals surface area contributed by atoms with E-state index in [1.807, 2.05) is 30.3 Å². The number of rotatable bonds is 0. The number of ketones is 1. The largest absolute Gasteiger partial charge is 0.452 e. The van der Waals surface area contributed by atoms with Gasteiger partial charge >= 0.3 is 0 Å². The van der Waals surface area contributed by atoms with Crippen LogP contribution < -0.4 is 0 Å². The fraction of sp³-hybridized carbons (Fsp3) is 0.154. The average Bonchev–Trinajstić information content (AvgIpc) is 2.89. The zero-order valence-electron chi connectivity index (χ0n) is 8.34. The molecule has 2 aromatic rings. The van der Waals surface area contributed by atoms with Gasteiger partial charge in [-0.2, -0.15) is 0 Å². The molecule has 16 heavy (non-hydrogen) atoms. The van der Waals surface area contributed by atoms with Crippen molar-refractivity contribution in [3.63, 3.8) is 0 Å². The Labute approximate surface area is 91.3 Å². The summed E-state index contributed by atoms with van der Waals surface area (Å²) < 4.78 is 11.2. The van der Waals surface area contributed by atoms with Gasteiger partial charge in [0.25, 0.3) is 0 Å². The van der Waals surface area contributed by atoms with E-state index in [1.165, 1.54) is 0 Å². The van der Waals surface area contributed by atoms with Crippen LogP contribution in [0.4, 0.5) is 0 Å². The van der Waals surface area contributed by atoms with Crippen LogP contribution in [0, 0.1) is 0 Å². The average molecular weight is 212 g/mol. The number of furan rings is 1. The number of Topliss-reactive ketones (excluding diaryl/α,β-unsaturated/α-hetero) is 1. The van der Waals surface area contributed by atoms with Crippen molar-refractivity contribution in [2.45, 2.75) is 12.2 Å². The Bertz CT molecular complexity index is 636. The third kappa shape index (κ3) is 0.847. The Kier molecular flexibility index (Phi) is 1.36. The van der Waals surface area contributed by atoms with Crippen molar-refractivity contribution in [3.8, 4) is 0 Å². The maximum Gasteiger partial charge on any atom is 0.231 e. The van der Waals surface area contributed by atoms with Gasteiger partial charge in [0.2, 0.25) is 5.78 Å². The monoisotopic (exact) mass is 212 g/mol. The normalized spacial score (nSPS) is 26.4. The summed E-state index contributed by atoms with van der Waals surface area (Å²) in [5.41, 5.74) is 1.64. The van der Waals surface area contributed by atoms with Gasteiger partial charge in [-0.25, -0.2) is 0 Å². The van der Waals surface area contributed by atoms with E-state index < -0.39 is 6.10 Å². The first-order valence-electron chi connectivity index (χ1n) is 5.24. The summed E-state index contributed by atoms with van der Waals surface area (Å²) in [4.78, 5) is 12.0.